The minimum Gasteiger partial charge on any atom is -0.481 e. The summed E-state index contributed by atoms with van der Waals surface area (Å²) < 4.78 is 0. The van der Waals surface area contributed by atoms with Gasteiger partial charge in [0, 0.05) is 13.0 Å². The minimum atomic E-state index is -0.650. The molecule has 0 saturated carbocycles. The highest BCUT2D eigenvalue weighted by Gasteiger charge is 1.98. The quantitative estimate of drug-likeness (QED) is 0.0768. The fourth-order valence-electron chi connectivity index (χ4n) is 5.87. The van der Waals surface area contributed by atoms with E-state index < -0.39 is 5.97 Å². The minimum absolute atomic E-state index is 0.344. The van der Waals surface area contributed by atoms with Crippen LogP contribution >= 0.6 is 0 Å². The van der Waals surface area contributed by atoms with Gasteiger partial charge in [-0.3, -0.25) is 4.79 Å². The lowest BCUT2D eigenvalue weighted by Gasteiger charge is -2.05. The van der Waals surface area contributed by atoms with Gasteiger partial charge in [0.1, 0.15) is 0 Å². The van der Waals surface area contributed by atoms with Gasteiger partial charge < -0.3 is 10.2 Å². The second-order valence-corrected chi connectivity index (χ2v) is 12.5. The average Bonchev–Trinajstić information content (AvgIpc) is 2.93. The molecule has 0 amide bonds. The molecule has 2 N–H and O–H groups in total. The van der Waals surface area contributed by atoms with E-state index in [1.54, 1.807) is 0 Å². The maximum Gasteiger partial charge on any atom is 0.303 e. The molecule has 0 aliphatic rings. The van der Waals surface area contributed by atoms with Crippen molar-refractivity contribution in [1.29, 1.82) is 0 Å². The van der Waals surface area contributed by atoms with Gasteiger partial charge in [0.15, 0.2) is 0 Å². The molecule has 0 atom stereocenters. The first kappa shape index (κ1) is 38.4. The summed E-state index contributed by atoms with van der Waals surface area (Å²) in [5, 5.41) is 17.4. The molecule has 3 nitrogen and oxygen atoms in total. The van der Waals surface area contributed by atoms with Crippen molar-refractivity contribution in [2.24, 2.45) is 0 Å². The molecule has 0 saturated heterocycles. The predicted octanol–water partition coefficient (Wildman–Crippen LogP) is 12.3. The van der Waals surface area contributed by atoms with Crippen LogP contribution in [0.3, 0.4) is 0 Å². The smallest absolute Gasteiger partial charge is 0.303 e. The second kappa shape index (κ2) is 35.5. The van der Waals surface area contributed by atoms with Gasteiger partial charge >= 0.3 is 5.97 Å². The molecule has 39 heavy (non-hydrogen) atoms. The van der Waals surface area contributed by atoms with Crippen molar-refractivity contribution in [3.05, 3.63) is 0 Å². The van der Waals surface area contributed by atoms with Crippen molar-refractivity contribution in [3.8, 4) is 0 Å². The van der Waals surface area contributed by atoms with E-state index in [1.807, 2.05) is 0 Å². The van der Waals surface area contributed by atoms with Crippen LogP contribution in [0.15, 0.2) is 0 Å². The van der Waals surface area contributed by atoms with Crippen LogP contribution in [0, 0.1) is 0 Å². The van der Waals surface area contributed by atoms with E-state index in [-0.39, 0.29) is 0 Å². The highest BCUT2D eigenvalue weighted by molar-refractivity contribution is 5.66. The van der Waals surface area contributed by atoms with Crippen LogP contribution in [-0.4, -0.2) is 22.8 Å². The van der Waals surface area contributed by atoms with Crippen LogP contribution in [0.2, 0.25) is 0 Å². The molecule has 0 aromatic heterocycles. The maximum atomic E-state index is 10.5. The summed E-state index contributed by atoms with van der Waals surface area (Å²) in [5.41, 5.74) is 0. The van der Waals surface area contributed by atoms with Crippen LogP contribution in [0.25, 0.3) is 0 Å². The number of unbranched alkanes of at least 4 members (excludes halogenated alkanes) is 32. The Labute approximate surface area is 245 Å². The number of aliphatic carboxylic acids is 1. The third kappa shape index (κ3) is 37.4. The van der Waals surface area contributed by atoms with Gasteiger partial charge in [-0.2, -0.15) is 0 Å². The summed E-state index contributed by atoms with van der Waals surface area (Å²) in [6.45, 7) is 0.368. The van der Waals surface area contributed by atoms with Gasteiger partial charge in [-0.1, -0.05) is 199 Å². The van der Waals surface area contributed by atoms with E-state index in [2.05, 4.69) is 0 Å². The molecule has 0 aromatic rings. The fraction of sp³-hybridized carbons (Fsp3) is 0.972. The Morgan fingerprint density at radius 1 is 0.282 bits per heavy atom. The molecule has 234 valence electrons. The van der Waals surface area contributed by atoms with Crippen molar-refractivity contribution in [2.75, 3.05) is 6.61 Å². The predicted molar refractivity (Wildman–Crippen MR) is 172 cm³/mol. The van der Waals surface area contributed by atoms with Gasteiger partial charge in [0.25, 0.3) is 0 Å². The lowest BCUT2D eigenvalue weighted by atomic mass is 10.0. The van der Waals surface area contributed by atoms with Crippen molar-refractivity contribution in [2.45, 2.75) is 218 Å². The number of carboxylic acid groups (broad SMARTS) is 1. The molecular formula is C36H72O3. The Balaban J connectivity index is 3.02. The van der Waals surface area contributed by atoms with Crippen molar-refractivity contribution >= 4 is 5.97 Å². The summed E-state index contributed by atoms with van der Waals surface area (Å²) >= 11 is 0. The van der Waals surface area contributed by atoms with Crippen molar-refractivity contribution in [3.63, 3.8) is 0 Å². The molecule has 0 heterocycles. The highest BCUT2D eigenvalue weighted by atomic mass is 16.4. The number of hydrogen-bond donors (Lipinski definition) is 2. The number of carbonyl (C=O) groups is 1. The number of hydrogen-bond acceptors (Lipinski definition) is 2. The normalized spacial score (nSPS) is 11.4. The molecule has 0 spiro atoms. The van der Waals surface area contributed by atoms with Gasteiger partial charge in [-0.05, 0) is 12.8 Å². The zero-order chi connectivity index (χ0) is 28.3. The monoisotopic (exact) mass is 553 g/mol. The SMILES string of the molecule is O=C(O)CCCCCCCCCCCCCCCCCCCCCCCCCCCCCCCCCCCO. The molecular weight excluding hydrogens is 480 g/mol. The number of carboxylic acids is 1. The lowest BCUT2D eigenvalue weighted by molar-refractivity contribution is -0.137. The number of aliphatic hydroxyl groups is 1. The Bertz CT molecular complexity index is 451. The molecule has 0 fully saturated rings. The molecule has 0 unspecified atom stereocenters. The Hall–Kier alpha value is -0.570. The first-order valence-corrected chi connectivity index (χ1v) is 18.1. The second-order valence-electron chi connectivity index (χ2n) is 12.5. The summed E-state index contributed by atoms with van der Waals surface area (Å²) in [7, 11) is 0. The van der Waals surface area contributed by atoms with Gasteiger partial charge in [0.2, 0.25) is 0 Å². The average molecular weight is 553 g/mol. The molecule has 3 heteroatoms. The van der Waals surface area contributed by atoms with Crippen LogP contribution in [0.4, 0.5) is 0 Å². The van der Waals surface area contributed by atoms with E-state index in [4.69, 9.17) is 10.2 Å². The van der Waals surface area contributed by atoms with Gasteiger partial charge in [-0.25, -0.2) is 0 Å². The molecule has 0 aliphatic heterocycles. The summed E-state index contributed by atoms with van der Waals surface area (Å²) in [5.74, 6) is -0.650. The first-order valence-electron chi connectivity index (χ1n) is 18.1. The van der Waals surface area contributed by atoms with Crippen LogP contribution < -0.4 is 0 Å². The first-order chi connectivity index (χ1) is 19.3. The highest BCUT2D eigenvalue weighted by Crippen LogP contribution is 2.17. The molecule has 0 aliphatic carbocycles. The molecule has 0 aromatic carbocycles. The summed E-state index contributed by atoms with van der Waals surface area (Å²) in [6, 6.07) is 0. The Morgan fingerprint density at radius 2 is 0.436 bits per heavy atom. The van der Waals surface area contributed by atoms with Gasteiger partial charge in [-0.15, -0.1) is 0 Å². The van der Waals surface area contributed by atoms with E-state index >= 15 is 0 Å². The zero-order valence-electron chi connectivity index (χ0n) is 26.6. The van der Waals surface area contributed by atoms with Crippen LogP contribution in [0.5, 0.6) is 0 Å². The zero-order valence-corrected chi connectivity index (χ0v) is 26.6. The Kier molecular flexibility index (Phi) is 34.9. The molecule has 0 bridgehead atoms. The standard InChI is InChI=1S/C36H72O3/c37-35-33-31-29-27-25-23-21-19-17-15-13-11-9-7-5-3-1-2-4-6-8-10-12-14-16-18-20-22-24-26-28-30-32-34-36(38)39/h37H,1-35H2,(H,38,39). The Morgan fingerprint density at radius 3 is 0.590 bits per heavy atom. The fourth-order valence-corrected chi connectivity index (χ4v) is 5.87. The summed E-state index contributed by atoms with van der Waals surface area (Å²) in [6.07, 6.45) is 45.6. The van der Waals surface area contributed by atoms with E-state index in [1.165, 1.54) is 193 Å². The topological polar surface area (TPSA) is 57.5 Å². The third-order valence-electron chi connectivity index (χ3n) is 8.55. The van der Waals surface area contributed by atoms with Crippen LogP contribution in [0.1, 0.15) is 218 Å². The van der Waals surface area contributed by atoms with E-state index in [0.717, 1.165) is 19.3 Å². The molecule has 0 radical (unpaired) electrons. The third-order valence-corrected chi connectivity index (χ3v) is 8.55. The molecule has 0 rings (SSSR count). The van der Waals surface area contributed by atoms with Crippen LogP contribution in [-0.2, 0) is 4.79 Å². The van der Waals surface area contributed by atoms with Crippen molar-refractivity contribution in [1.82, 2.24) is 0 Å². The number of aliphatic hydroxyl groups excluding tert-OH is 1. The van der Waals surface area contributed by atoms with Gasteiger partial charge in [0.05, 0.1) is 0 Å². The lowest BCUT2D eigenvalue weighted by Crippen LogP contribution is -1.93. The summed E-state index contributed by atoms with van der Waals surface area (Å²) in [4.78, 5) is 10.5. The largest absolute Gasteiger partial charge is 0.481 e. The van der Waals surface area contributed by atoms with Crippen molar-refractivity contribution < 1.29 is 15.0 Å². The number of rotatable bonds is 35. The maximum absolute atomic E-state index is 10.5. The van der Waals surface area contributed by atoms with E-state index in [9.17, 15) is 4.79 Å². The van der Waals surface area contributed by atoms with E-state index in [0.29, 0.717) is 13.0 Å².